The van der Waals surface area contributed by atoms with E-state index in [2.05, 4.69) is 15.1 Å². The largest absolute Gasteiger partial charge is 2.00 e. The van der Waals surface area contributed by atoms with Crippen molar-refractivity contribution in [3.8, 4) is 0 Å². The van der Waals surface area contributed by atoms with E-state index in [1.54, 1.807) is 0 Å². The van der Waals surface area contributed by atoms with Crippen molar-refractivity contribution in [1.29, 1.82) is 0 Å². The van der Waals surface area contributed by atoms with Gasteiger partial charge in [-0.3, -0.25) is 10.1 Å². The maximum absolute atomic E-state index is 8.48. The van der Waals surface area contributed by atoms with Gasteiger partial charge in [0.2, 0.25) is 0 Å². The Bertz CT molecular complexity index is 11.4. The topological polar surface area (TPSA) is 73.8 Å². The number of hydrogen-bond acceptors (Lipinski definition) is 5. The van der Waals surface area contributed by atoms with Crippen molar-refractivity contribution in [3.63, 3.8) is 0 Å². The summed E-state index contributed by atoms with van der Waals surface area (Å²) in [5.41, 5.74) is 0. The van der Waals surface area contributed by atoms with Gasteiger partial charge in [0.25, 0.3) is 0 Å². The van der Waals surface area contributed by atoms with Gasteiger partial charge in [-0.2, -0.15) is 0 Å². The predicted molar refractivity (Wildman–Crippen MR) is 3.25 cm³/mol. The molecule has 6 heteroatoms. The third-order valence-corrected chi connectivity index (χ3v) is 0.0556. The van der Waals surface area contributed by atoms with Gasteiger partial charge in [0, 0.05) is 0 Å². The average molecular weight is 145 g/mol. The quantitative estimate of drug-likeness (QED) is 0.242. The van der Waals surface area contributed by atoms with Gasteiger partial charge in [-0.05, 0) is 0 Å². The molecule has 0 rings (SSSR count). The summed E-state index contributed by atoms with van der Waals surface area (Å²) in [6.45, 7) is 0. The predicted octanol–water partition coefficient (Wildman–Crippen LogP) is -2.59. The van der Waals surface area contributed by atoms with E-state index in [4.69, 9.17) is 10.5 Å². The summed E-state index contributed by atoms with van der Waals surface area (Å²) in [4.78, 5) is 0. The molecule has 32 valence electrons. The van der Waals surface area contributed by atoms with Crippen molar-refractivity contribution in [2.75, 3.05) is 0 Å². The zero-order valence-corrected chi connectivity index (χ0v) is 5.72. The van der Waals surface area contributed by atoms with E-state index in [0.717, 1.165) is 0 Å². The summed E-state index contributed by atoms with van der Waals surface area (Å²) in [5.74, 6) is 0. The summed E-state index contributed by atoms with van der Waals surface area (Å²) in [6, 6.07) is 0. The second-order valence-corrected chi connectivity index (χ2v) is 0.204. The van der Waals surface area contributed by atoms with Gasteiger partial charge in [-0.15, -0.1) is 0 Å². The summed E-state index contributed by atoms with van der Waals surface area (Å²) < 4.78 is 0. The molecule has 0 atom stereocenters. The molecule has 6 heavy (non-hydrogen) atoms. The van der Waals surface area contributed by atoms with Crippen molar-refractivity contribution >= 4 is 0 Å². The van der Waals surface area contributed by atoms with E-state index in [9.17, 15) is 0 Å². The van der Waals surface area contributed by atoms with Gasteiger partial charge in [0.15, 0.2) is 0 Å². The molecule has 0 bridgehead atoms. The van der Waals surface area contributed by atoms with Crippen LogP contribution in [0.3, 0.4) is 0 Å². The van der Waals surface area contributed by atoms with Crippen LogP contribution in [0.15, 0.2) is 0 Å². The molecule has 0 heterocycles. The van der Waals surface area contributed by atoms with Crippen LogP contribution in [0.5, 0.6) is 0 Å². The van der Waals surface area contributed by atoms with Crippen LogP contribution in [0.25, 0.3) is 0 Å². The summed E-state index contributed by atoms with van der Waals surface area (Å²) >= 11 is 0. The third-order valence-electron chi connectivity index (χ3n) is 0.0556. The summed E-state index contributed by atoms with van der Waals surface area (Å²) in [5, 5.41) is 24.5. The molecule has 0 saturated carbocycles. The van der Waals surface area contributed by atoms with Crippen LogP contribution in [-0.2, 0) is 34.6 Å². The Hall–Kier alpha value is 0.423. The van der Waals surface area contributed by atoms with Crippen LogP contribution >= 0.6 is 0 Å². The van der Waals surface area contributed by atoms with Crippen LogP contribution < -0.4 is 10.5 Å². The first kappa shape index (κ1) is 9.66. The Kier molecular flexibility index (Phi) is 14.6. The molecular weight excluding hydrogens is 145 g/mol. The van der Waals surface area contributed by atoms with Crippen molar-refractivity contribution in [1.82, 2.24) is 0 Å². The fourth-order valence-corrected chi connectivity index (χ4v) is 0.0113. The Morgan fingerprint density at radius 1 is 1.00 bits per heavy atom. The minimum Gasteiger partial charge on any atom is -0.690 e. The van der Waals surface area contributed by atoms with Crippen LogP contribution in [-0.4, -0.2) is 0 Å². The smallest absolute Gasteiger partial charge is 0.690 e. The Morgan fingerprint density at radius 2 is 1.33 bits per heavy atom. The minimum atomic E-state index is 0. The molecule has 5 nitrogen and oxygen atoms in total. The molecule has 0 unspecified atom stereocenters. The molecule has 0 aliphatic heterocycles. The molecule has 0 aromatic rings. The molecule has 0 aromatic carbocycles. The second kappa shape index (κ2) is 9.05. The zero-order chi connectivity index (χ0) is 4.12. The van der Waals surface area contributed by atoms with Gasteiger partial charge < -0.3 is 10.5 Å². The van der Waals surface area contributed by atoms with Gasteiger partial charge in [-0.25, -0.2) is 0 Å². The standard InChI is InChI=1S/H2O5.Zn/c1-3-5-4-2;/h1-2H;/q;+2/p-2. The summed E-state index contributed by atoms with van der Waals surface area (Å²) in [6.07, 6.45) is 0. The third kappa shape index (κ3) is 8.83. The normalized spacial score (nSPS) is 7.00. The van der Waals surface area contributed by atoms with E-state index in [1.807, 2.05) is 0 Å². The molecule has 0 amide bonds. The molecule has 0 aromatic heterocycles. The van der Waals surface area contributed by atoms with Crippen LogP contribution in [0.1, 0.15) is 0 Å². The average Bonchev–Trinajstić information content (AvgIpc) is 1.41. The van der Waals surface area contributed by atoms with Crippen molar-refractivity contribution in [2.45, 2.75) is 0 Å². The van der Waals surface area contributed by atoms with Crippen LogP contribution in [0.4, 0.5) is 0 Å². The zero-order valence-electron chi connectivity index (χ0n) is 2.75. The molecule has 0 aliphatic carbocycles. The Morgan fingerprint density at radius 3 is 1.33 bits per heavy atom. The minimum absolute atomic E-state index is 0. The molecule has 0 N–H and O–H groups in total. The van der Waals surface area contributed by atoms with E-state index in [0.29, 0.717) is 0 Å². The van der Waals surface area contributed by atoms with Gasteiger partial charge >= 0.3 is 19.5 Å². The van der Waals surface area contributed by atoms with E-state index in [1.165, 1.54) is 0 Å². The first-order chi connectivity index (χ1) is 2.41. The fourth-order valence-electron chi connectivity index (χ4n) is 0.0113. The van der Waals surface area contributed by atoms with Crippen LogP contribution in [0.2, 0.25) is 0 Å². The Labute approximate surface area is 45.9 Å². The van der Waals surface area contributed by atoms with Crippen molar-refractivity contribution in [2.24, 2.45) is 0 Å². The summed E-state index contributed by atoms with van der Waals surface area (Å²) in [7, 11) is 0. The molecule has 0 saturated heterocycles. The fraction of sp³-hybridized carbons (Fsp3) is 0. The number of rotatable bonds is 2. The molecule has 0 spiro atoms. The second-order valence-electron chi connectivity index (χ2n) is 0.204. The maximum Gasteiger partial charge on any atom is 2.00 e. The van der Waals surface area contributed by atoms with Crippen molar-refractivity contribution < 1.29 is 45.1 Å². The monoisotopic (exact) mass is 144 g/mol. The molecule has 0 fully saturated rings. The van der Waals surface area contributed by atoms with Gasteiger partial charge in [-0.1, -0.05) is 5.04 Å². The van der Waals surface area contributed by atoms with E-state index in [-0.39, 0.29) is 19.5 Å². The van der Waals surface area contributed by atoms with E-state index >= 15 is 0 Å². The maximum atomic E-state index is 8.48. The Balaban J connectivity index is 0. The van der Waals surface area contributed by atoms with Crippen LogP contribution in [0, 0.1) is 0 Å². The molecule has 0 radical (unpaired) electrons. The van der Waals surface area contributed by atoms with Gasteiger partial charge in [0.1, 0.15) is 0 Å². The van der Waals surface area contributed by atoms with E-state index < -0.39 is 0 Å². The van der Waals surface area contributed by atoms with Crippen molar-refractivity contribution in [3.05, 3.63) is 0 Å². The number of hydrogen-bond donors (Lipinski definition) is 0. The first-order valence-electron chi connectivity index (χ1n) is 0.667. The SMILES string of the molecule is [O-]OOO[O-].[Zn+2]. The molecule has 0 aliphatic rings. The van der Waals surface area contributed by atoms with Gasteiger partial charge in [0.05, 0.1) is 0 Å². The molecular formula is O5Zn. The first-order valence-corrected chi connectivity index (χ1v) is 0.667.